The number of carbonyl (C=O) groups is 1. The van der Waals surface area contributed by atoms with Gasteiger partial charge in [-0.2, -0.15) is 0 Å². The number of aryl methyl sites for hydroxylation is 2. The van der Waals surface area contributed by atoms with Gasteiger partial charge in [0.15, 0.2) is 0 Å². The molecule has 150 valence electrons. The van der Waals surface area contributed by atoms with E-state index in [9.17, 15) is 4.79 Å². The van der Waals surface area contributed by atoms with E-state index in [1.54, 1.807) is 11.9 Å². The van der Waals surface area contributed by atoms with Crippen LogP contribution >= 0.6 is 0 Å². The van der Waals surface area contributed by atoms with Gasteiger partial charge in [-0.1, -0.05) is 69.7 Å². The second-order valence-corrected chi connectivity index (χ2v) is 7.65. The van der Waals surface area contributed by atoms with E-state index in [1.165, 1.54) is 58.4 Å². The predicted octanol–water partition coefficient (Wildman–Crippen LogP) is 6.95. The summed E-state index contributed by atoms with van der Waals surface area (Å²) in [6.07, 6.45) is 7.22. The summed E-state index contributed by atoms with van der Waals surface area (Å²) < 4.78 is 0. The van der Waals surface area contributed by atoms with Gasteiger partial charge in [-0.25, -0.2) is 0 Å². The Bertz CT molecular complexity index is 1020. The van der Waals surface area contributed by atoms with Crippen LogP contribution in [0.25, 0.3) is 21.9 Å². The summed E-state index contributed by atoms with van der Waals surface area (Å²) in [5.74, 6) is -0.0970. The highest BCUT2D eigenvalue weighted by atomic mass is 16.2. The van der Waals surface area contributed by atoms with Crippen LogP contribution in [-0.2, 0) is 17.6 Å². The molecule has 3 aromatic carbocycles. The van der Waals surface area contributed by atoms with Crippen LogP contribution in [0, 0.1) is 0 Å². The zero-order valence-corrected chi connectivity index (χ0v) is 17.9. The van der Waals surface area contributed by atoms with Crippen LogP contribution in [0.5, 0.6) is 0 Å². The maximum absolute atomic E-state index is 11.9. The Balaban J connectivity index is 1.92. The highest BCUT2D eigenvalue weighted by molar-refractivity contribution is 6.01. The molecule has 0 unspecified atom stereocenters. The molecule has 29 heavy (non-hydrogen) atoms. The maximum Gasteiger partial charge on any atom is 0.250 e. The smallest absolute Gasteiger partial charge is 0.250 e. The third-order valence-electron chi connectivity index (χ3n) is 5.65. The van der Waals surface area contributed by atoms with Crippen LogP contribution < -0.4 is 4.90 Å². The summed E-state index contributed by atoms with van der Waals surface area (Å²) in [7, 11) is 1.78. The zero-order chi connectivity index (χ0) is 20.8. The van der Waals surface area contributed by atoms with Crippen molar-refractivity contribution in [1.82, 2.24) is 0 Å². The monoisotopic (exact) mass is 385 g/mol. The van der Waals surface area contributed by atoms with Crippen molar-refractivity contribution in [3.05, 3.63) is 78.4 Å². The fourth-order valence-electron chi connectivity index (χ4n) is 3.82. The normalized spacial score (nSPS) is 10.9. The van der Waals surface area contributed by atoms with Gasteiger partial charge >= 0.3 is 0 Å². The molecule has 0 bridgehead atoms. The van der Waals surface area contributed by atoms with E-state index in [1.807, 2.05) is 6.07 Å². The molecular formula is C27H31NO. The van der Waals surface area contributed by atoms with Crippen molar-refractivity contribution >= 4 is 22.4 Å². The van der Waals surface area contributed by atoms with Crippen molar-refractivity contribution < 1.29 is 4.79 Å². The van der Waals surface area contributed by atoms with E-state index in [-0.39, 0.29) is 5.91 Å². The highest BCUT2D eigenvalue weighted by Gasteiger charge is 2.11. The lowest BCUT2D eigenvalue weighted by Gasteiger charge is -2.18. The van der Waals surface area contributed by atoms with Crippen molar-refractivity contribution in [2.24, 2.45) is 0 Å². The Morgan fingerprint density at radius 3 is 2.45 bits per heavy atom. The Morgan fingerprint density at radius 2 is 1.72 bits per heavy atom. The number of benzene rings is 3. The van der Waals surface area contributed by atoms with E-state index in [2.05, 4.69) is 69.0 Å². The van der Waals surface area contributed by atoms with Crippen molar-refractivity contribution in [3.63, 3.8) is 0 Å². The first-order chi connectivity index (χ1) is 14.1. The van der Waals surface area contributed by atoms with Crippen molar-refractivity contribution in [3.8, 4) is 11.1 Å². The Labute approximate surface area is 174 Å². The first-order valence-electron chi connectivity index (χ1n) is 10.6. The van der Waals surface area contributed by atoms with E-state index >= 15 is 0 Å². The van der Waals surface area contributed by atoms with Crippen molar-refractivity contribution in [1.29, 1.82) is 0 Å². The lowest BCUT2D eigenvalue weighted by Crippen LogP contribution is -2.23. The molecule has 0 atom stereocenters. The Hall–Kier alpha value is -2.87. The Kier molecular flexibility index (Phi) is 6.87. The molecule has 0 aliphatic carbocycles. The van der Waals surface area contributed by atoms with Gasteiger partial charge in [0, 0.05) is 12.7 Å². The fraction of sp³-hybridized carbons (Fsp3) is 0.296. The topological polar surface area (TPSA) is 20.3 Å². The summed E-state index contributed by atoms with van der Waals surface area (Å²) in [5, 5.41) is 2.57. The molecule has 1 amide bonds. The molecule has 0 aliphatic rings. The molecule has 0 N–H and O–H groups in total. The van der Waals surface area contributed by atoms with Gasteiger partial charge in [-0.3, -0.25) is 4.79 Å². The number of hydrogen-bond donors (Lipinski definition) is 0. The molecule has 0 fully saturated rings. The van der Waals surface area contributed by atoms with Crippen molar-refractivity contribution in [2.75, 3.05) is 11.9 Å². The van der Waals surface area contributed by atoms with Crippen LogP contribution in [0.3, 0.4) is 0 Å². The summed E-state index contributed by atoms with van der Waals surface area (Å²) in [6, 6.07) is 19.8. The zero-order valence-electron chi connectivity index (χ0n) is 17.9. The van der Waals surface area contributed by atoms with Crippen LogP contribution in [-0.4, -0.2) is 13.0 Å². The third-order valence-corrected chi connectivity index (χ3v) is 5.65. The van der Waals surface area contributed by atoms with Crippen LogP contribution in [0.1, 0.15) is 44.2 Å². The Morgan fingerprint density at radius 1 is 0.966 bits per heavy atom. The van der Waals surface area contributed by atoms with E-state index < -0.39 is 0 Å². The largest absolute Gasteiger partial charge is 0.312 e. The van der Waals surface area contributed by atoms with Gasteiger partial charge in [-0.05, 0) is 76.6 Å². The lowest BCUT2D eigenvalue weighted by atomic mass is 9.94. The number of nitrogens with zero attached hydrogens (tertiary/aromatic N) is 1. The minimum absolute atomic E-state index is 0.0970. The highest BCUT2D eigenvalue weighted by Crippen LogP contribution is 2.31. The SMILES string of the molecule is C=CC(=O)N(C)c1ccc(-c2ccc3cc(CCCCC)ccc3c2)c(CC)c1. The number of likely N-dealkylation sites (N-methyl/N-ethyl adjacent to an activating group) is 1. The van der Waals surface area contributed by atoms with Gasteiger partial charge in [0.25, 0.3) is 0 Å². The van der Waals surface area contributed by atoms with Gasteiger partial charge in [0.1, 0.15) is 0 Å². The van der Waals surface area contributed by atoms with Crippen LogP contribution in [0.4, 0.5) is 5.69 Å². The van der Waals surface area contributed by atoms with E-state index in [4.69, 9.17) is 0 Å². The third kappa shape index (κ3) is 4.76. The summed E-state index contributed by atoms with van der Waals surface area (Å²) in [6.45, 7) is 7.98. The molecule has 3 rings (SSSR count). The average Bonchev–Trinajstić information content (AvgIpc) is 2.77. The second-order valence-electron chi connectivity index (χ2n) is 7.65. The molecule has 0 aromatic heterocycles. The van der Waals surface area contributed by atoms with Gasteiger partial charge in [0.05, 0.1) is 0 Å². The predicted molar refractivity (Wildman–Crippen MR) is 126 cm³/mol. The molecule has 0 saturated heterocycles. The minimum atomic E-state index is -0.0970. The van der Waals surface area contributed by atoms with Crippen molar-refractivity contribution in [2.45, 2.75) is 46.0 Å². The van der Waals surface area contributed by atoms with Crippen LogP contribution in [0.15, 0.2) is 67.3 Å². The molecule has 2 heteroatoms. The summed E-state index contributed by atoms with van der Waals surface area (Å²) >= 11 is 0. The number of fused-ring (bicyclic) bond motifs is 1. The molecule has 2 nitrogen and oxygen atoms in total. The first kappa shape index (κ1) is 20.9. The number of hydrogen-bond acceptors (Lipinski definition) is 1. The van der Waals surface area contributed by atoms with E-state index in [0.29, 0.717) is 0 Å². The first-order valence-corrected chi connectivity index (χ1v) is 10.6. The standard InChI is InChI=1S/C27H31NO/c1-5-8-9-10-20-11-12-23-18-24(14-13-22(23)17-20)26-16-15-25(19-21(26)6-2)28(4)27(29)7-3/h7,11-19H,3,5-6,8-10H2,1-2,4H3. The minimum Gasteiger partial charge on any atom is -0.312 e. The number of amides is 1. The lowest BCUT2D eigenvalue weighted by molar-refractivity contribution is -0.113. The number of rotatable bonds is 8. The fourth-order valence-corrected chi connectivity index (χ4v) is 3.82. The molecule has 0 saturated carbocycles. The van der Waals surface area contributed by atoms with Gasteiger partial charge in [-0.15, -0.1) is 0 Å². The molecule has 0 spiro atoms. The van der Waals surface area contributed by atoms with Gasteiger partial charge in [0.2, 0.25) is 5.91 Å². The molecular weight excluding hydrogens is 354 g/mol. The summed E-state index contributed by atoms with van der Waals surface area (Å²) in [4.78, 5) is 13.6. The second kappa shape index (κ2) is 9.56. The van der Waals surface area contributed by atoms with E-state index in [0.717, 1.165) is 18.5 Å². The molecule has 0 heterocycles. The van der Waals surface area contributed by atoms with Gasteiger partial charge < -0.3 is 4.90 Å². The number of unbranched alkanes of at least 4 members (excludes halogenated alkanes) is 2. The quantitative estimate of drug-likeness (QED) is 0.303. The maximum atomic E-state index is 11.9. The molecule has 3 aromatic rings. The van der Waals surface area contributed by atoms with Crippen LogP contribution in [0.2, 0.25) is 0 Å². The molecule has 0 aliphatic heterocycles. The summed E-state index contributed by atoms with van der Waals surface area (Å²) in [5.41, 5.74) is 6.00. The number of carbonyl (C=O) groups excluding carboxylic acids is 1. The average molecular weight is 386 g/mol. The number of anilines is 1. The molecule has 0 radical (unpaired) electrons.